The predicted molar refractivity (Wildman–Crippen MR) is 63.7 cm³/mol. The highest BCUT2D eigenvalue weighted by atomic mass is 35.5. The minimum atomic E-state index is -0.752. The van der Waals surface area contributed by atoms with Crippen LogP contribution in [-0.2, 0) is 15.9 Å². The highest BCUT2D eigenvalue weighted by Gasteiger charge is 2.44. The lowest BCUT2D eigenvalue weighted by Gasteiger charge is -2.26. The zero-order valence-electron chi connectivity index (χ0n) is 9.40. The Hall–Kier alpha value is -0.745. The maximum absolute atomic E-state index is 9.35. The fourth-order valence-electron chi connectivity index (χ4n) is 2.09. The lowest BCUT2D eigenvalue weighted by Crippen LogP contribution is -2.45. The quantitative estimate of drug-likeness (QED) is 0.751. The van der Waals surface area contributed by atoms with Gasteiger partial charge in [-0.25, -0.2) is 0 Å². The molecule has 17 heavy (non-hydrogen) atoms. The molecule has 1 N–H and O–H groups in total. The van der Waals surface area contributed by atoms with Gasteiger partial charge in [-0.3, -0.25) is 0 Å². The van der Waals surface area contributed by atoms with Crippen molar-refractivity contribution in [1.29, 1.82) is 0 Å². The largest absolute Gasteiger partial charge is 0.498 e. The van der Waals surface area contributed by atoms with Gasteiger partial charge in [-0.05, 0) is 24.6 Å². The van der Waals surface area contributed by atoms with Crippen LogP contribution in [0.25, 0.3) is 0 Å². The molecule has 4 nitrogen and oxygen atoms in total. The predicted octanol–water partition coefficient (Wildman–Crippen LogP) is 0.725. The highest BCUT2D eigenvalue weighted by Crippen LogP contribution is 2.30. The number of aliphatic hydroxyl groups excluding tert-OH is 1. The molecule has 0 unspecified atom stereocenters. The minimum Gasteiger partial charge on any atom is -0.491 e. The van der Waals surface area contributed by atoms with Crippen molar-refractivity contribution in [3.8, 4) is 5.75 Å². The summed E-state index contributed by atoms with van der Waals surface area (Å²) in [4.78, 5) is 0. The molecule has 0 spiro atoms. The summed E-state index contributed by atoms with van der Waals surface area (Å²) in [5.41, 5.74) is 1.02. The van der Waals surface area contributed by atoms with E-state index < -0.39 is 12.7 Å². The summed E-state index contributed by atoms with van der Waals surface area (Å²) in [6.45, 7) is 2.38. The smallest absolute Gasteiger partial charge is 0.491 e. The van der Waals surface area contributed by atoms with Crippen LogP contribution < -0.4 is 10.2 Å². The fourth-order valence-corrected chi connectivity index (χ4v) is 2.31. The second kappa shape index (κ2) is 3.88. The summed E-state index contributed by atoms with van der Waals surface area (Å²) in [5, 5.41) is 10.0. The zero-order valence-corrected chi connectivity index (χ0v) is 10.2. The van der Waals surface area contributed by atoms with Crippen molar-refractivity contribution in [2.24, 2.45) is 0 Å². The average Bonchev–Trinajstić information content (AvgIpc) is 2.67. The molecule has 0 aliphatic carbocycles. The Balaban J connectivity index is 2.07. The van der Waals surface area contributed by atoms with E-state index in [4.69, 9.17) is 25.6 Å². The van der Waals surface area contributed by atoms with Crippen molar-refractivity contribution in [1.82, 2.24) is 0 Å². The standard InChI is InChI=1S/C11H12BClO4/c1-11(5-14)6-15-9-3-2-8(13)7-4-16-12(17-11)10(7)9/h2-3,14H,4-6H2,1H3/t11-/m1/s1. The first-order valence-electron chi connectivity index (χ1n) is 5.47. The van der Waals surface area contributed by atoms with Crippen molar-refractivity contribution in [3.63, 3.8) is 0 Å². The van der Waals surface area contributed by atoms with Crippen molar-refractivity contribution in [3.05, 3.63) is 22.7 Å². The van der Waals surface area contributed by atoms with Gasteiger partial charge in [-0.1, -0.05) is 11.6 Å². The van der Waals surface area contributed by atoms with Crippen LogP contribution in [-0.4, -0.2) is 31.0 Å². The Labute approximate surface area is 105 Å². The summed E-state index contributed by atoms with van der Waals surface area (Å²) in [6, 6.07) is 3.61. The van der Waals surface area contributed by atoms with E-state index in [1.165, 1.54) is 0 Å². The molecular formula is C11H12BClO4. The van der Waals surface area contributed by atoms with Crippen molar-refractivity contribution in [2.75, 3.05) is 13.2 Å². The Morgan fingerprint density at radius 2 is 2.35 bits per heavy atom. The summed E-state index contributed by atoms with van der Waals surface area (Å²) in [5.74, 6) is 0.726. The van der Waals surface area contributed by atoms with Crippen LogP contribution in [0.1, 0.15) is 12.5 Å². The molecular weight excluding hydrogens is 242 g/mol. The molecule has 0 amide bonds. The first kappa shape index (κ1) is 11.4. The van der Waals surface area contributed by atoms with Crippen molar-refractivity contribution in [2.45, 2.75) is 19.1 Å². The third-order valence-corrected chi connectivity index (χ3v) is 3.49. The summed E-state index contributed by atoms with van der Waals surface area (Å²) >= 11 is 6.11. The molecule has 90 valence electrons. The van der Waals surface area contributed by atoms with E-state index in [0.717, 1.165) is 16.8 Å². The van der Waals surface area contributed by atoms with E-state index >= 15 is 0 Å². The van der Waals surface area contributed by atoms with E-state index in [1.807, 2.05) is 6.07 Å². The Morgan fingerprint density at radius 1 is 1.53 bits per heavy atom. The maximum Gasteiger partial charge on any atom is 0.498 e. The molecule has 1 aromatic carbocycles. The van der Waals surface area contributed by atoms with Crippen LogP contribution in [0.3, 0.4) is 0 Å². The van der Waals surface area contributed by atoms with Crippen LogP contribution in [0.2, 0.25) is 5.02 Å². The molecule has 0 saturated heterocycles. The number of halogens is 1. The van der Waals surface area contributed by atoms with Gasteiger partial charge in [0, 0.05) is 10.5 Å². The molecule has 3 rings (SSSR count). The number of aliphatic hydroxyl groups is 1. The van der Waals surface area contributed by atoms with E-state index in [9.17, 15) is 5.11 Å². The monoisotopic (exact) mass is 254 g/mol. The number of rotatable bonds is 1. The third kappa shape index (κ3) is 1.74. The number of ether oxygens (including phenoxy) is 1. The molecule has 1 atom stereocenters. The van der Waals surface area contributed by atoms with Gasteiger partial charge in [0.1, 0.15) is 18.0 Å². The van der Waals surface area contributed by atoms with Crippen LogP contribution in [0, 0.1) is 0 Å². The topological polar surface area (TPSA) is 47.9 Å². The highest BCUT2D eigenvalue weighted by molar-refractivity contribution is 6.64. The first-order chi connectivity index (χ1) is 8.13. The molecule has 0 fully saturated rings. The molecule has 6 heteroatoms. The van der Waals surface area contributed by atoms with E-state index in [0.29, 0.717) is 11.6 Å². The SMILES string of the molecule is C[C@@]1(CO)COc2ccc(Cl)c3c2B(OC3)O1. The molecule has 2 aliphatic rings. The fraction of sp³-hybridized carbons (Fsp3) is 0.455. The van der Waals surface area contributed by atoms with Gasteiger partial charge < -0.3 is 19.2 Å². The second-order valence-electron chi connectivity index (χ2n) is 4.60. The van der Waals surface area contributed by atoms with Crippen LogP contribution in [0.4, 0.5) is 0 Å². The molecule has 0 radical (unpaired) electrons. The van der Waals surface area contributed by atoms with Gasteiger partial charge >= 0.3 is 7.12 Å². The lowest BCUT2D eigenvalue weighted by molar-refractivity contribution is -0.0229. The van der Waals surface area contributed by atoms with Gasteiger partial charge in [-0.15, -0.1) is 0 Å². The van der Waals surface area contributed by atoms with E-state index in [-0.39, 0.29) is 13.2 Å². The number of hydrogen-bond acceptors (Lipinski definition) is 4. The lowest BCUT2D eigenvalue weighted by atomic mass is 9.77. The van der Waals surface area contributed by atoms with Gasteiger partial charge in [0.25, 0.3) is 0 Å². The normalized spacial score (nSPS) is 26.4. The van der Waals surface area contributed by atoms with Crippen molar-refractivity contribution < 1.29 is 19.2 Å². The second-order valence-corrected chi connectivity index (χ2v) is 5.00. The zero-order chi connectivity index (χ0) is 12.0. The van der Waals surface area contributed by atoms with Gasteiger partial charge in [0.05, 0.1) is 13.2 Å². The first-order valence-corrected chi connectivity index (χ1v) is 5.85. The summed E-state index contributed by atoms with van der Waals surface area (Å²) in [7, 11) is -0.502. The van der Waals surface area contributed by atoms with Crippen LogP contribution in [0.5, 0.6) is 5.75 Å². The van der Waals surface area contributed by atoms with Crippen LogP contribution >= 0.6 is 11.6 Å². The molecule has 0 saturated carbocycles. The summed E-state index contributed by atoms with van der Waals surface area (Å²) < 4.78 is 17.0. The van der Waals surface area contributed by atoms with Gasteiger partial charge in [-0.2, -0.15) is 0 Å². The van der Waals surface area contributed by atoms with Crippen molar-refractivity contribution >= 4 is 24.2 Å². The number of benzene rings is 1. The Bertz CT molecular complexity index is 467. The summed E-state index contributed by atoms with van der Waals surface area (Å²) in [6.07, 6.45) is 0. The molecule has 0 aromatic heterocycles. The maximum atomic E-state index is 9.35. The Morgan fingerprint density at radius 3 is 3.12 bits per heavy atom. The molecule has 2 aliphatic heterocycles. The van der Waals surface area contributed by atoms with Gasteiger partial charge in [0.2, 0.25) is 0 Å². The molecule has 1 aromatic rings. The van der Waals surface area contributed by atoms with Gasteiger partial charge in [0.15, 0.2) is 0 Å². The number of hydrogen-bond donors (Lipinski definition) is 1. The third-order valence-electron chi connectivity index (χ3n) is 3.13. The minimum absolute atomic E-state index is 0.121. The molecule has 0 bridgehead atoms. The Kier molecular flexibility index (Phi) is 2.59. The van der Waals surface area contributed by atoms with E-state index in [2.05, 4.69) is 0 Å². The van der Waals surface area contributed by atoms with Crippen LogP contribution in [0.15, 0.2) is 12.1 Å². The average molecular weight is 254 g/mol. The van der Waals surface area contributed by atoms with E-state index in [1.54, 1.807) is 13.0 Å². The molecule has 2 heterocycles.